The monoisotopic (exact) mass is 427 g/mol. The number of benzene rings is 1. The molecule has 150 valence electrons. The van der Waals surface area contributed by atoms with E-state index in [2.05, 4.69) is 11.8 Å². The van der Waals surface area contributed by atoms with Crippen LogP contribution in [0.3, 0.4) is 0 Å². The molecule has 2 unspecified atom stereocenters. The van der Waals surface area contributed by atoms with E-state index >= 15 is 0 Å². The van der Waals surface area contributed by atoms with Crippen molar-refractivity contribution in [1.29, 1.82) is 0 Å². The van der Waals surface area contributed by atoms with Gasteiger partial charge in [0.25, 0.3) is 5.91 Å². The number of hydrogen-bond acceptors (Lipinski definition) is 5. The minimum Gasteiger partial charge on any atom is -0.496 e. The predicted molar refractivity (Wildman–Crippen MR) is 110 cm³/mol. The number of piperazine rings is 1. The first-order valence-electron chi connectivity index (χ1n) is 8.21. The summed E-state index contributed by atoms with van der Waals surface area (Å²) < 4.78 is 5.29. The molecule has 26 heavy (non-hydrogen) atoms. The van der Waals surface area contributed by atoms with Crippen LogP contribution in [0.25, 0.3) is 0 Å². The fourth-order valence-electron chi connectivity index (χ4n) is 3.12. The lowest BCUT2D eigenvalue weighted by molar-refractivity contribution is 0.0308. The van der Waals surface area contributed by atoms with Crippen LogP contribution in [0.1, 0.15) is 30.6 Å². The van der Waals surface area contributed by atoms with Gasteiger partial charge in [0.05, 0.1) is 29.5 Å². The van der Waals surface area contributed by atoms with E-state index in [0.717, 1.165) is 13.0 Å². The topological polar surface area (TPSA) is 79.0 Å². The van der Waals surface area contributed by atoms with Crippen molar-refractivity contribution in [1.82, 2.24) is 9.80 Å². The van der Waals surface area contributed by atoms with Gasteiger partial charge in [-0.05, 0) is 19.4 Å². The minimum absolute atomic E-state index is 0. The second-order valence-electron chi connectivity index (χ2n) is 6.23. The van der Waals surface area contributed by atoms with Gasteiger partial charge in [0.1, 0.15) is 5.75 Å². The summed E-state index contributed by atoms with van der Waals surface area (Å²) in [6, 6.07) is 3.38. The lowest BCUT2D eigenvalue weighted by Gasteiger charge is -2.41. The molecule has 1 saturated heterocycles. The Bertz CT molecular complexity index is 602. The van der Waals surface area contributed by atoms with Gasteiger partial charge in [-0.3, -0.25) is 9.69 Å². The molecule has 0 saturated carbocycles. The number of carbonyl (C=O) groups excluding carboxylic acids is 1. The number of aliphatic hydroxyl groups excluding tert-OH is 1. The number of aliphatic hydroxyl groups is 1. The number of halogens is 3. The molecule has 0 spiro atoms. The minimum atomic E-state index is -0.377. The molecule has 9 heteroatoms. The van der Waals surface area contributed by atoms with Crippen molar-refractivity contribution in [2.75, 3.05) is 39.0 Å². The Morgan fingerprint density at radius 1 is 1.42 bits per heavy atom. The number of rotatable bonds is 5. The molecule has 1 aromatic rings. The van der Waals surface area contributed by atoms with Crippen LogP contribution in [0, 0.1) is 0 Å². The smallest absolute Gasteiger partial charge is 0.257 e. The number of nitrogen functional groups attached to an aromatic ring is 1. The van der Waals surface area contributed by atoms with Crippen LogP contribution in [0.2, 0.25) is 5.02 Å². The molecule has 3 N–H and O–H groups in total. The zero-order valence-electron chi connectivity index (χ0n) is 15.3. The Labute approximate surface area is 172 Å². The number of hydrogen-bond donors (Lipinski definition) is 2. The first-order valence-corrected chi connectivity index (χ1v) is 8.59. The number of β-amino-alcohol motifs (C(OH)–C–C–N with tert-alkyl or cyclic N) is 1. The number of amides is 1. The van der Waals surface area contributed by atoms with Crippen LogP contribution in [0.15, 0.2) is 12.1 Å². The van der Waals surface area contributed by atoms with E-state index in [-0.39, 0.29) is 42.9 Å². The molecule has 6 nitrogen and oxygen atoms in total. The van der Waals surface area contributed by atoms with Gasteiger partial charge in [-0.15, -0.1) is 24.8 Å². The molecule has 1 fully saturated rings. The highest BCUT2D eigenvalue weighted by Crippen LogP contribution is 2.30. The maximum Gasteiger partial charge on any atom is 0.257 e. The predicted octanol–water partition coefficient (Wildman–Crippen LogP) is 2.69. The van der Waals surface area contributed by atoms with Crippen molar-refractivity contribution in [3.05, 3.63) is 22.7 Å². The molecule has 0 radical (unpaired) electrons. The summed E-state index contributed by atoms with van der Waals surface area (Å²) in [5, 5.41) is 9.98. The zero-order chi connectivity index (χ0) is 17.9. The van der Waals surface area contributed by atoms with Crippen molar-refractivity contribution < 1.29 is 14.6 Å². The van der Waals surface area contributed by atoms with E-state index in [1.165, 1.54) is 7.11 Å². The summed E-state index contributed by atoms with van der Waals surface area (Å²) >= 11 is 6.07. The normalized spacial score (nSPS) is 18.5. The second kappa shape index (κ2) is 11.0. The highest BCUT2D eigenvalue weighted by Gasteiger charge is 2.30. The quantitative estimate of drug-likeness (QED) is 0.705. The molecule has 0 aliphatic carbocycles. The van der Waals surface area contributed by atoms with Gasteiger partial charge in [0.15, 0.2) is 0 Å². The van der Waals surface area contributed by atoms with Crippen molar-refractivity contribution in [3.63, 3.8) is 0 Å². The van der Waals surface area contributed by atoms with Crippen LogP contribution < -0.4 is 10.5 Å². The third kappa shape index (κ3) is 5.79. The summed E-state index contributed by atoms with van der Waals surface area (Å²) in [6.07, 6.45) is 0.535. The fraction of sp³-hybridized carbons (Fsp3) is 0.588. The van der Waals surface area contributed by atoms with Crippen LogP contribution in [-0.4, -0.2) is 66.2 Å². The van der Waals surface area contributed by atoms with Gasteiger partial charge < -0.3 is 20.5 Å². The van der Waals surface area contributed by atoms with Gasteiger partial charge in [-0.1, -0.05) is 18.5 Å². The molecular formula is C17H28Cl3N3O3. The van der Waals surface area contributed by atoms with Crippen LogP contribution in [0.5, 0.6) is 5.75 Å². The molecule has 1 aromatic carbocycles. The maximum atomic E-state index is 12.9. The fourth-order valence-corrected chi connectivity index (χ4v) is 3.28. The molecule has 2 atom stereocenters. The summed E-state index contributed by atoms with van der Waals surface area (Å²) in [6.45, 7) is 6.46. The van der Waals surface area contributed by atoms with Crippen LogP contribution in [0.4, 0.5) is 5.69 Å². The average Bonchev–Trinajstić information content (AvgIpc) is 2.56. The number of anilines is 1. The summed E-state index contributed by atoms with van der Waals surface area (Å²) in [4.78, 5) is 17.0. The van der Waals surface area contributed by atoms with Crippen LogP contribution in [-0.2, 0) is 0 Å². The lowest BCUT2D eigenvalue weighted by atomic mass is 10.1. The van der Waals surface area contributed by atoms with E-state index < -0.39 is 0 Å². The Morgan fingerprint density at radius 2 is 2.08 bits per heavy atom. The third-order valence-corrected chi connectivity index (χ3v) is 4.74. The van der Waals surface area contributed by atoms with E-state index in [1.807, 2.05) is 4.90 Å². The number of methoxy groups -OCH3 is 1. The van der Waals surface area contributed by atoms with Gasteiger partial charge in [-0.25, -0.2) is 0 Å². The maximum absolute atomic E-state index is 12.9. The molecule has 2 rings (SSSR count). The van der Waals surface area contributed by atoms with Crippen molar-refractivity contribution in [3.8, 4) is 5.75 Å². The largest absolute Gasteiger partial charge is 0.496 e. The van der Waals surface area contributed by atoms with E-state index in [9.17, 15) is 9.90 Å². The van der Waals surface area contributed by atoms with Crippen LogP contribution >= 0.6 is 36.4 Å². The number of ether oxygens (including phenoxy) is 1. The standard InChI is InChI=1S/C17H26ClN3O3.2ClH/c1-4-12-10-21(6-5-20(12)9-11(2)22)17(23)13-7-14(18)15(19)8-16(13)24-3;;/h7-8,11-12,22H,4-6,9-10,19H2,1-3H3;2*1H. The first kappa shape index (κ1) is 25.1. The van der Waals surface area contributed by atoms with Gasteiger partial charge >= 0.3 is 0 Å². The zero-order valence-corrected chi connectivity index (χ0v) is 17.7. The van der Waals surface area contributed by atoms with Gasteiger partial charge in [-0.2, -0.15) is 0 Å². The van der Waals surface area contributed by atoms with Crippen molar-refractivity contribution in [2.45, 2.75) is 32.4 Å². The number of carbonyl (C=O) groups is 1. The Hall–Kier alpha value is -0.920. The molecular weight excluding hydrogens is 401 g/mol. The Balaban J connectivity index is 0.00000312. The molecule has 0 aromatic heterocycles. The van der Waals surface area contributed by atoms with Crippen molar-refractivity contribution >= 4 is 48.0 Å². The third-order valence-electron chi connectivity index (χ3n) is 4.41. The number of nitrogens with zero attached hydrogens (tertiary/aromatic N) is 2. The average molecular weight is 429 g/mol. The lowest BCUT2D eigenvalue weighted by Crippen LogP contribution is -2.55. The Morgan fingerprint density at radius 3 is 2.62 bits per heavy atom. The molecule has 1 amide bonds. The highest BCUT2D eigenvalue weighted by molar-refractivity contribution is 6.33. The molecule has 1 aliphatic rings. The highest BCUT2D eigenvalue weighted by atomic mass is 35.5. The SMILES string of the molecule is CCC1CN(C(=O)c2cc(Cl)c(N)cc2OC)CCN1CC(C)O.Cl.Cl. The van der Waals surface area contributed by atoms with Gasteiger partial charge in [0.2, 0.25) is 0 Å². The summed E-state index contributed by atoms with van der Waals surface area (Å²) in [5.41, 5.74) is 6.60. The Kier molecular flexibility index (Phi) is 10.7. The molecule has 1 aliphatic heterocycles. The van der Waals surface area contributed by atoms with E-state index in [1.54, 1.807) is 19.1 Å². The first-order chi connectivity index (χ1) is 11.4. The molecule has 1 heterocycles. The van der Waals surface area contributed by atoms with E-state index in [4.69, 9.17) is 22.1 Å². The van der Waals surface area contributed by atoms with E-state index in [0.29, 0.717) is 41.7 Å². The molecule has 0 bridgehead atoms. The van der Waals surface area contributed by atoms with Crippen molar-refractivity contribution in [2.24, 2.45) is 0 Å². The summed E-state index contributed by atoms with van der Waals surface area (Å²) in [7, 11) is 1.51. The number of nitrogens with two attached hydrogens (primary N) is 1. The second-order valence-corrected chi connectivity index (χ2v) is 6.64. The summed E-state index contributed by atoms with van der Waals surface area (Å²) in [5.74, 6) is 0.324. The van der Waals surface area contributed by atoms with Gasteiger partial charge in [0, 0.05) is 38.3 Å².